The second-order valence-electron chi connectivity index (χ2n) is 6.88. The molecule has 3 aromatic carbocycles. The van der Waals surface area contributed by atoms with Gasteiger partial charge in [-0.1, -0.05) is 66.2 Å². The Morgan fingerprint density at radius 3 is 1.84 bits per heavy atom. The number of halogens is 1. The second-order valence-corrected chi connectivity index (χ2v) is 7.74. The van der Waals surface area contributed by atoms with E-state index in [0.717, 1.165) is 38.9 Å². The summed E-state index contributed by atoms with van der Waals surface area (Å²) in [5.74, 6) is 0.256. The van der Waals surface area contributed by atoms with Gasteiger partial charge in [-0.15, -0.1) is 0 Å². The molecule has 7 heteroatoms. The third kappa shape index (κ3) is 5.47. The van der Waals surface area contributed by atoms with E-state index in [2.05, 4.69) is 15.9 Å². The number of ether oxygens (including phenoxy) is 4. The van der Waals surface area contributed by atoms with Crippen molar-refractivity contribution in [1.82, 2.24) is 0 Å². The summed E-state index contributed by atoms with van der Waals surface area (Å²) < 4.78 is 22.9. The molecule has 31 heavy (non-hydrogen) atoms. The van der Waals surface area contributed by atoms with Crippen LogP contribution in [0.1, 0.15) is 26.7 Å². The Labute approximate surface area is 189 Å². The Hall–Kier alpha value is -2.80. The van der Waals surface area contributed by atoms with E-state index in [1.54, 1.807) is 0 Å². The quantitative estimate of drug-likeness (QED) is 0.280. The first-order chi connectivity index (χ1) is 15.1. The summed E-state index contributed by atoms with van der Waals surface area (Å²) in [4.78, 5) is 24.0. The van der Waals surface area contributed by atoms with E-state index in [1.165, 1.54) is 0 Å². The molecule has 0 aliphatic heterocycles. The van der Waals surface area contributed by atoms with E-state index in [-0.39, 0.29) is 13.2 Å². The highest BCUT2D eigenvalue weighted by Gasteiger charge is 2.20. The van der Waals surface area contributed by atoms with Gasteiger partial charge in [0.25, 0.3) is 0 Å². The van der Waals surface area contributed by atoms with Crippen LogP contribution >= 0.6 is 15.9 Å². The number of benzene rings is 3. The molecule has 0 fully saturated rings. The fraction of sp³-hybridized carbons (Fsp3) is 0.333. The first kappa shape index (κ1) is 22.9. The molecule has 0 spiro atoms. The van der Waals surface area contributed by atoms with Gasteiger partial charge < -0.3 is 18.9 Å². The number of hydrogen-bond acceptors (Lipinski definition) is 6. The minimum Gasteiger partial charge on any atom is -0.481 e. The van der Waals surface area contributed by atoms with E-state index in [9.17, 15) is 9.59 Å². The Balaban J connectivity index is 2.04. The molecule has 6 nitrogen and oxygen atoms in total. The maximum Gasteiger partial charge on any atom is 0.344 e. The molecule has 0 radical (unpaired) electrons. The van der Waals surface area contributed by atoms with Crippen LogP contribution in [0.3, 0.4) is 0 Å². The summed E-state index contributed by atoms with van der Waals surface area (Å²) in [5, 5.41) is 3.05. The topological polar surface area (TPSA) is 71.1 Å². The van der Waals surface area contributed by atoms with Crippen LogP contribution in [0.15, 0.2) is 46.9 Å². The van der Waals surface area contributed by atoms with Crippen LogP contribution in [0.5, 0.6) is 11.5 Å². The summed E-state index contributed by atoms with van der Waals surface area (Å²) in [7, 11) is 0. The predicted octanol–water partition coefficient (Wildman–Crippen LogP) is 5.42. The van der Waals surface area contributed by atoms with Crippen LogP contribution < -0.4 is 9.47 Å². The molecule has 0 saturated heterocycles. The van der Waals surface area contributed by atoms with E-state index in [1.807, 2.05) is 56.3 Å². The molecule has 3 aromatic rings. The Bertz CT molecular complexity index is 1080. The summed E-state index contributed by atoms with van der Waals surface area (Å²) >= 11 is 3.59. The zero-order valence-corrected chi connectivity index (χ0v) is 19.2. The minimum absolute atomic E-state index is 0.199. The molecular weight excluding hydrogens is 464 g/mol. The molecule has 0 heterocycles. The maximum absolute atomic E-state index is 12.0. The van der Waals surface area contributed by atoms with Gasteiger partial charge in [-0.2, -0.15) is 0 Å². The fourth-order valence-electron chi connectivity index (χ4n) is 3.19. The molecule has 0 unspecified atom stereocenters. The average molecular weight is 489 g/mol. The van der Waals surface area contributed by atoms with Crippen molar-refractivity contribution in [2.24, 2.45) is 0 Å². The van der Waals surface area contributed by atoms with Gasteiger partial charge in [-0.3, -0.25) is 0 Å². The van der Waals surface area contributed by atoms with Gasteiger partial charge >= 0.3 is 11.9 Å². The number of rotatable bonds is 10. The molecule has 0 amide bonds. The number of carbonyl (C=O) groups is 2. The first-order valence-corrected chi connectivity index (χ1v) is 11.1. The zero-order chi connectivity index (χ0) is 22.2. The molecule has 0 atom stereocenters. The van der Waals surface area contributed by atoms with Crippen molar-refractivity contribution >= 4 is 49.4 Å². The molecule has 0 bridgehead atoms. The highest BCUT2D eigenvalue weighted by Crippen LogP contribution is 2.45. The van der Waals surface area contributed by atoms with Crippen LogP contribution in [-0.4, -0.2) is 38.4 Å². The largest absolute Gasteiger partial charge is 0.481 e. The third-order valence-electron chi connectivity index (χ3n) is 4.50. The van der Waals surface area contributed by atoms with Crippen molar-refractivity contribution in [1.29, 1.82) is 0 Å². The molecule has 0 saturated carbocycles. The minimum atomic E-state index is -0.426. The molecular formula is C24H25BrO6. The number of esters is 2. The van der Waals surface area contributed by atoms with E-state index in [4.69, 9.17) is 18.9 Å². The summed E-state index contributed by atoms with van der Waals surface area (Å²) in [6.45, 7) is 4.18. The van der Waals surface area contributed by atoms with Crippen LogP contribution in [0.4, 0.5) is 0 Å². The van der Waals surface area contributed by atoms with E-state index >= 15 is 0 Å². The summed E-state index contributed by atoms with van der Waals surface area (Å²) in [6, 6.07) is 13.2. The predicted molar refractivity (Wildman–Crippen MR) is 123 cm³/mol. The highest BCUT2D eigenvalue weighted by atomic mass is 79.9. The van der Waals surface area contributed by atoms with Crippen LogP contribution in [0.25, 0.3) is 21.5 Å². The van der Waals surface area contributed by atoms with Crippen molar-refractivity contribution in [3.8, 4) is 11.5 Å². The monoisotopic (exact) mass is 488 g/mol. The Morgan fingerprint density at radius 2 is 1.26 bits per heavy atom. The second kappa shape index (κ2) is 11.0. The number of carbonyl (C=O) groups excluding carboxylic acids is 2. The molecule has 0 aliphatic rings. The van der Waals surface area contributed by atoms with Gasteiger partial charge in [-0.05, 0) is 18.9 Å². The normalized spacial score (nSPS) is 10.8. The zero-order valence-electron chi connectivity index (χ0n) is 17.6. The lowest BCUT2D eigenvalue weighted by Gasteiger charge is -2.18. The number of fused-ring (bicyclic) bond motifs is 2. The van der Waals surface area contributed by atoms with Gasteiger partial charge in [0.05, 0.1) is 13.2 Å². The number of hydrogen-bond donors (Lipinski definition) is 0. The summed E-state index contributed by atoms with van der Waals surface area (Å²) in [6.07, 6.45) is 1.49. The van der Waals surface area contributed by atoms with Crippen LogP contribution in [0, 0.1) is 0 Å². The first-order valence-electron chi connectivity index (χ1n) is 10.3. The highest BCUT2D eigenvalue weighted by molar-refractivity contribution is 9.10. The van der Waals surface area contributed by atoms with Crippen molar-refractivity contribution in [3.05, 3.63) is 46.9 Å². The Morgan fingerprint density at radius 1 is 0.742 bits per heavy atom. The van der Waals surface area contributed by atoms with E-state index in [0.29, 0.717) is 24.7 Å². The molecule has 3 rings (SSSR count). The van der Waals surface area contributed by atoms with Gasteiger partial charge in [0.2, 0.25) is 0 Å². The van der Waals surface area contributed by atoms with Crippen LogP contribution in [0.2, 0.25) is 0 Å². The fourth-order valence-corrected chi connectivity index (χ4v) is 3.73. The lowest BCUT2D eigenvalue weighted by atomic mass is 10.0. The maximum atomic E-state index is 12.0. The lowest BCUT2D eigenvalue weighted by Crippen LogP contribution is -2.16. The lowest BCUT2D eigenvalue weighted by molar-refractivity contribution is -0.146. The van der Waals surface area contributed by atoms with Crippen molar-refractivity contribution in [2.45, 2.75) is 26.7 Å². The van der Waals surface area contributed by atoms with Gasteiger partial charge in [0.15, 0.2) is 13.2 Å². The van der Waals surface area contributed by atoms with Crippen molar-refractivity contribution in [2.75, 3.05) is 26.4 Å². The van der Waals surface area contributed by atoms with Gasteiger partial charge in [-0.25, -0.2) is 9.59 Å². The summed E-state index contributed by atoms with van der Waals surface area (Å²) in [5.41, 5.74) is 0. The van der Waals surface area contributed by atoms with E-state index < -0.39 is 11.9 Å². The van der Waals surface area contributed by atoms with Gasteiger partial charge in [0, 0.05) is 26.0 Å². The SMILES string of the molecule is CCCOC(=O)COc1c2ccccc2c(OCC(=O)OCCC)c2c(Br)cccc12. The smallest absolute Gasteiger partial charge is 0.344 e. The Kier molecular flexibility index (Phi) is 8.12. The van der Waals surface area contributed by atoms with Gasteiger partial charge in [0.1, 0.15) is 11.5 Å². The molecule has 164 valence electrons. The van der Waals surface area contributed by atoms with Crippen LogP contribution in [-0.2, 0) is 19.1 Å². The van der Waals surface area contributed by atoms with Crippen molar-refractivity contribution < 1.29 is 28.5 Å². The average Bonchev–Trinajstić information content (AvgIpc) is 2.78. The van der Waals surface area contributed by atoms with Crippen molar-refractivity contribution in [3.63, 3.8) is 0 Å². The standard InChI is InChI=1S/C24H25BrO6/c1-3-12-28-20(26)14-30-23-16-8-5-6-9-17(16)24(31-15-21(27)29-13-4-2)22-18(23)10-7-11-19(22)25/h5-11H,3-4,12-15H2,1-2H3. The molecule has 0 aliphatic carbocycles. The third-order valence-corrected chi connectivity index (χ3v) is 5.17. The molecule has 0 N–H and O–H groups in total. The molecule has 0 aromatic heterocycles.